The van der Waals surface area contributed by atoms with Crippen molar-refractivity contribution in [3.8, 4) is 6.07 Å². The minimum atomic E-state index is -0.615. The van der Waals surface area contributed by atoms with Gasteiger partial charge in [0.1, 0.15) is 17.7 Å². The Labute approximate surface area is 154 Å². The van der Waals surface area contributed by atoms with Crippen LogP contribution in [0.3, 0.4) is 0 Å². The van der Waals surface area contributed by atoms with Crippen LogP contribution in [-0.4, -0.2) is 25.8 Å². The Hall–Kier alpha value is -4.06. The highest BCUT2D eigenvalue weighted by Gasteiger charge is 2.26. The second kappa shape index (κ2) is 6.68. The minimum absolute atomic E-state index is 0.219. The van der Waals surface area contributed by atoms with Crippen LogP contribution >= 0.6 is 0 Å². The van der Waals surface area contributed by atoms with Crippen LogP contribution in [0.25, 0.3) is 0 Å². The van der Waals surface area contributed by atoms with Gasteiger partial charge in [-0.2, -0.15) is 10.2 Å². The number of nitrogens with two attached hydrogens (primary N) is 1. The monoisotopic (exact) mass is 358 g/mol. The molecule has 1 aliphatic heterocycles. The summed E-state index contributed by atoms with van der Waals surface area (Å²) in [5.41, 5.74) is 8.91. The summed E-state index contributed by atoms with van der Waals surface area (Å²) in [5, 5.41) is 12.3. The molecule has 1 amide bonds. The van der Waals surface area contributed by atoms with E-state index < -0.39 is 5.91 Å². The van der Waals surface area contributed by atoms with Gasteiger partial charge in [0, 0.05) is 19.3 Å². The number of benzene rings is 1. The number of carbonyl (C=O) groups excluding carboxylic acids is 1. The van der Waals surface area contributed by atoms with E-state index in [1.165, 1.54) is 12.5 Å². The molecule has 9 heteroatoms. The molecule has 3 aromatic rings. The normalized spacial score (nSPS) is 12.3. The Morgan fingerprint density at radius 3 is 2.78 bits per heavy atom. The average Bonchev–Trinajstić information content (AvgIpc) is 3.13. The van der Waals surface area contributed by atoms with Crippen molar-refractivity contribution < 1.29 is 4.79 Å². The molecule has 3 N–H and O–H groups in total. The average molecular weight is 358 g/mol. The highest BCUT2D eigenvalue weighted by atomic mass is 16.1. The molecule has 3 heterocycles. The molecule has 132 valence electrons. The fourth-order valence-corrected chi connectivity index (χ4v) is 3.02. The second-order valence-electron chi connectivity index (χ2n) is 5.96. The van der Waals surface area contributed by atoms with Gasteiger partial charge in [0.2, 0.25) is 5.95 Å². The number of hydrogen-bond acceptors (Lipinski definition) is 8. The Balaban J connectivity index is 1.70. The highest BCUT2D eigenvalue weighted by molar-refractivity contribution is 5.97. The van der Waals surface area contributed by atoms with Crippen molar-refractivity contribution >= 4 is 23.4 Å². The summed E-state index contributed by atoms with van der Waals surface area (Å²) in [6.07, 6.45) is 5.98. The first kappa shape index (κ1) is 16.4. The van der Waals surface area contributed by atoms with Gasteiger partial charge >= 0.3 is 0 Å². The number of hydrogen-bond donors (Lipinski definition) is 2. The van der Waals surface area contributed by atoms with E-state index in [9.17, 15) is 10.1 Å². The number of aromatic nitrogens is 4. The molecule has 0 aliphatic carbocycles. The molecule has 0 spiro atoms. The van der Waals surface area contributed by atoms with Crippen molar-refractivity contribution in [2.75, 3.05) is 10.2 Å². The molecule has 0 fully saturated rings. The lowest BCUT2D eigenvalue weighted by Gasteiger charge is -2.19. The van der Waals surface area contributed by atoms with Gasteiger partial charge in [-0.05, 0) is 17.2 Å². The van der Waals surface area contributed by atoms with E-state index in [0.717, 1.165) is 11.1 Å². The molecule has 1 aromatic carbocycles. The molecule has 0 saturated carbocycles. The van der Waals surface area contributed by atoms with Gasteiger partial charge in [-0.1, -0.05) is 12.1 Å². The SMILES string of the molecule is N#Cc1cccc2c1CN(c1nc(Nc3cncnc3)ncc1C(N)=O)C2. The van der Waals surface area contributed by atoms with Gasteiger partial charge in [0.05, 0.1) is 29.7 Å². The molecular weight excluding hydrogens is 344 g/mol. The molecule has 0 saturated heterocycles. The standard InChI is InChI=1S/C18H14N8O/c19-4-11-2-1-3-12-8-26(9-15(11)12)17-14(16(20)27)7-23-18(25-17)24-13-5-21-10-22-6-13/h1-3,5-7,10H,8-9H2,(H2,20,27)(H,23,24,25). The number of anilines is 3. The maximum Gasteiger partial charge on any atom is 0.254 e. The maximum absolute atomic E-state index is 11.9. The zero-order valence-corrected chi connectivity index (χ0v) is 14.1. The van der Waals surface area contributed by atoms with Crippen molar-refractivity contribution in [3.05, 3.63) is 65.4 Å². The first-order valence-electron chi connectivity index (χ1n) is 8.10. The Morgan fingerprint density at radius 2 is 2.04 bits per heavy atom. The van der Waals surface area contributed by atoms with E-state index in [1.807, 2.05) is 17.0 Å². The molecule has 0 radical (unpaired) electrons. The smallest absolute Gasteiger partial charge is 0.254 e. The molecule has 0 bridgehead atoms. The van der Waals surface area contributed by atoms with Crippen molar-refractivity contribution in [2.45, 2.75) is 13.1 Å². The summed E-state index contributed by atoms with van der Waals surface area (Å²) in [6.45, 7) is 0.986. The van der Waals surface area contributed by atoms with E-state index in [2.05, 4.69) is 31.3 Å². The van der Waals surface area contributed by atoms with Gasteiger partial charge in [-0.15, -0.1) is 0 Å². The zero-order valence-electron chi connectivity index (χ0n) is 14.1. The van der Waals surface area contributed by atoms with Crippen LogP contribution < -0.4 is 16.0 Å². The lowest BCUT2D eigenvalue weighted by atomic mass is 10.1. The number of carbonyl (C=O) groups is 1. The first-order chi connectivity index (χ1) is 13.2. The molecular formula is C18H14N8O. The van der Waals surface area contributed by atoms with Crippen LogP contribution in [0.5, 0.6) is 0 Å². The summed E-state index contributed by atoms with van der Waals surface area (Å²) in [6, 6.07) is 7.79. The number of nitriles is 1. The number of amides is 1. The van der Waals surface area contributed by atoms with E-state index >= 15 is 0 Å². The van der Waals surface area contributed by atoms with E-state index in [-0.39, 0.29) is 5.56 Å². The number of rotatable bonds is 4. The first-order valence-corrected chi connectivity index (χ1v) is 8.10. The zero-order chi connectivity index (χ0) is 18.8. The van der Waals surface area contributed by atoms with Gasteiger partial charge in [0.25, 0.3) is 5.91 Å². The summed E-state index contributed by atoms with van der Waals surface area (Å²) in [4.78, 5) is 30.3. The summed E-state index contributed by atoms with van der Waals surface area (Å²) < 4.78 is 0. The van der Waals surface area contributed by atoms with Crippen molar-refractivity contribution in [1.82, 2.24) is 19.9 Å². The molecule has 2 aromatic heterocycles. The molecule has 9 nitrogen and oxygen atoms in total. The summed E-state index contributed by atoms with van der Waals surface area (Å²) >= 11 is 0. The van der Waals surface area contributed by atoms with Crippen LogP contribution in [0, 0.1) is 11.3 Å². The van der Waals surface area contributed by atoms with Gasteiger partial charge in [-0.3, -0.25) is 4.79 Å². The van der Waals surface area contributed by atoms with Crippen molar-refractivity contribution in [1.29, 1.82) is 5.26 Å². The quantitative estimate of drug-likeness (QED) is 0.716. The fraction of sp³-hybridized carbons (Fsp3) is 0.111. The largest absolute Gasteiger partial charge is 0.365 e. The maximum atomic E-state index is 11.9. The lowest BCUT2D eigenvalue weighted by molar-refractivity contribution is 0.1000. The van der Waals surface area contributed by atoms with Gasteiger partial charge < -0.3 is 16.0 Å². The number of primary amides is 1. The highest BCUT2D eigenvalue weighted by Crippen LogP contribution is 2.31. The Kier molecular flexibility index (Phi) is 4.06. The van der Waals surface area contributed by atoms with E-state index in [1.54, 1.807) is 18.5 Å². The van der Waals surface area contributed by atoms with Crippen LogP contribution in [0.2, 0.25) is 0 Å². The molecule has 27 heavy (non-hydrogen) atoms. The third-order valence-electron chi connectivity index (χ3n) is 4.25. The molecule has 0 unspecified atom stereocenters. The third kappa shape index (κ3) is 3.11. The number of nitrogens with one attached hydrogen (secondary N) is 1. The minimum Gasteiger partial charge on any atom is -0.365 e. The van der Waals surface area contributed by atoms with Crippen LogP contribution in [0.15, 0.2) is 43.1 Å². The van der Waals surface area contributed by atoms with Crippen LogP contribution in [-0.2, 0) is 13.1 Å². The van der Waals surface area contributed by atoms with Crippen molar-refractivity contribution in [3.63, 3.8) is 0 Å². The van der Waals surface area contributed by atoms with E-state index in [0.29, 0.717) is 36.1 Å². The van der Waals surface area contributed by atoms with Crippen LogP contribution in [0.1, 0.15) is 27.0 Å². The summed E-state index contributed by atoms with van der Waals surface area (Å²) in [5.74, 6) is 0.0919. The Morgan fingerprint density at radius 1 is 1.22 bits per heavy atom. The molecule has 4 rings (SSSR count). The summed E-state index contributed by atoms with van der Waals surface area (Å²) in [7, 11) is 0. The fourth-order valence-electron chi connectivity index (χ4n) is 3.02. The number of nitrogens with zero attached hydrogens (tertiary/aromatic N) is 6. The predicted molar refractivity (Wildman–Crippen MR) is 96.9 cm³/mol. The molecule has 0 atom stereocenters. The predicted octanol–water partition coefficient (Wildman–Crippen LogP) is 1.50. The van der Waals surface area contributed by atoms with Gasteiger partial charge in [0.15, 0.2) is 0 Å². The van der Waals surface area contributed by atoms with Gasteiger partial charge in [-0.25, -0.2) is 15.0 Å². The topological polar surface area (TPSA) is 134 Å². The second-order valence-corrected chi connectivity index (χ2v) is 5.96. The lowest BCUT2D eigenvalue weighted by Crippen LogP contribution is -2.23. The van der Waals surface area contributed by atoms with E-state index in [4.69, 9.17) is 5.73 Å². The molecule has 1 aliphatic rings. The van der Waals surface area contributed by atoms with Crippen molar-refractivity contribution in [2.24, 2.45) is 5.73 Å². The third-order valence-corrected chi connectivity index (χ3v) is 4.25. The Bertz CT molecular complexity index is 1060. The van der Waals surface area contributed by atoms with Crippen LogP contribution in [0.4, 0.5) is 17.5 Å². The number of fused-ring (bicyclic) bond motifs is 1.